The lowest BCUT2D eigenvalue weighted by atomic mass is 10.3. The van der Waals surface area contributed by atoms with Gasteiger partial charge in [-0.1, -0.05) is 18.2 Å². The average Bonchev–Trinajstić information content (AvgIpc) is 2.58. The molecule has 0 saturated heterocycles. The largest absolute Gasteiger partial charge is 0.573 e. The summed E-state index contributed by atoms with van der Waals surface area (Å²) < 4.78 is 45.3. The van der Waals surface area contributed by atoms with Crippen molar-refractivity contribution >= 4 is 11.6 Å². The number of carbonyl (C=O) groups excluding carboxylic acids is 1. The molecule has 0 unspecified atom stereocenters. The maximum atomic E-state index is 12.1. The number of hydrogen-bond acceptors (Lipinski definition) is 4. The highest BCUT2D eigenvalue weighted by molar-refractivity contribution is 5.80. The molecule has 25 heavy (non-hydrogen) atoms. The summed E-state index contributed by atoms with van der Waals surface area (Å²) in [5, 5.41) is 5.47. The smallest absolute Gasteiger partial charge is 0.492 e. The van der Waals surface area contributed by atoms with Crippen LogP contribution in [0.4, 0.5) is 18.9 Å². The molecule has 2 aromatic carbocycles. The van der Waals surface area contributed by atoms with Crippen molar-refractivity contribution in [3.8, 4) is 11.5 Å². The fourth-order valence-corrected chi connectivity index (χ4v) is 1.90. The van der Waals surface area contributed by atoms with Crippen molar-refractivity contribution in [1.82, 2.24) is 5.32 Å². The highest BCUT2D eigenvalue weighted by Gasteiger charge is 2.30. The van der Waals surface area contributed by atoms with E-state index in [0.29, 0.717) is 18.8 Å². The summed E-state index contributed by atoms with van der Waals surface area (Å²) in [6, 6.07) is 14.3. The Bertz CT molecular complexity index is 661. The fourth-order valence-electron chi connectivity index (χ4n) is 1.90. The first-order chi connectivity index (χ1) is 11.9. The van der Waals surface area contributed by atoms with Crippen LogP contribution in [0.1, 0.15) is 0 Å². The maximum Gasteiger partial charge on any atom is 0.573 e. The molecule has 0 atom stereocenters. The number of benzene rings is 2. The Hall–Kier alpha value is -2.90. The summed E-state index contributed by atoms with van der Waals surface area (Å²) in [6.45, 7) is 0.664. The normalized spacial score (nSPS) is 10.8. The van der Waals surface area contributed by atoms with Crippen molar-refractivity contribution < 1.29 is 27.4 Å². The van der Waals surface area contributed by atoms with E-state index in [2.05, 4.69) is 15.4 Å². The Labute approximate surface area is 142 Å². The van der Waals surface area contributed by atoms with Crippen LogP contribution < -0.4 is 20.1 Å². The summed E-state index contributed by atoms with van der Waals surface area (Å²) >= 11 is 0. The van der Waals surface area contributed by atoms with Gasteiger partial charge in [0.15, 0.2) is 0 Å². The highest BCUT2D eigenvalue weighted by atomic mass is 19.4. The first kappa shape index (κ1) is 18.4. The highest BCUT2D eigenvalue weighted by Crippen LogP contribution is 2.23. The van der Waals surface area contributed by atoms with Crippen molar-refractivity contribution in [3.63, 3.8) is 0 Å². The molecular formula is C17H17F3N2O3. The van der Waals surface area contributed by atoms with Crippen LogP contribution in [0.5, 0.6) is 11.5 Å². The van der Waals surface area contributed by atoms with Gasteiger partial charge < -0.3 is 20.1 Å². The molecule has 0 spiro atoms. The van der Waals surface area contributed by atoms with Crippen molar-refractivity contribution in [3.05, 3.63) is 54.6 Å². The number of hydrogen-bond donors (Lipinski definition) is 2. The molecule has 0 saturated carbocycles. The average molecular weight is 354 g/mol. The van der Waals surface area contributed by atoms with Gasteiger partial charge in [-0.3, -0.25) is 4.79 Å². The van der Waals surface area contributed by atoms with Gasteiger partial charge in [0.25, 0.3) is 0 Å². The van der Waals surface area contributed by atoms with Crippen LogP contribution in [0.25, 0.3) is 0 Å². The van der Waals surface area contributed by atoms with Crippen LogP contribution >= 0.6 is 0 Å². The molecule has 8 heteroatoms. The summed E-state index contributed by atoms with van der Waals surface area (Å²) in [4.78, 5) is 11.7. The second-order valence-corrected chi connectivity index (χ2v) is 4.94. The third-order valence-electron chi connectivity index (χ3n) is 2.98. The lowest BCUT2D eigenvalue weighted by Crippen LogP contribution is -2.33. The monoisotopic (exact) mass is 354 g/mol. The Morgan fingerprint density at radius 3 is 2.28 bits per heavy atom. The molecule has 0 aliphatic heterocycles. The van der Waals surface area contributed by atoms with E-state index in [4.69, 9.17) is 4.74 Å². The van der Waals surface area contributed by atoms with E-state index in [9.17, 15) is 18.0 Å². The number of nitrogens with one attached hydrogen (secondary N) is 2. The number of halogens is 3. The van der Waals surface area contributed by atoms with Gasteiger partial charge in [-0.2, -0.15) is 0 Å². The Morgan fingerprint density at radius 1 is 0.960 bits per heavy atom. The van der Waals surface area contributed by atoms with Gasteiger partial charge in [-0.05, 0) is 36.4 Å². The van der Waals surface area contributed by atoms with Crippen LogP contribution in [-0.4, -0.2) is 32.0 Å². The first-order valence-electron chi connectivity index (χ1n) is 7.46. The van der Waals surface area contributed by atoms with Crippen molar-refractivity contribution in [1.29, 1.82) is 0 Å². The minimum Gasteiger partial charge on any atom is -0.492 e. The minimum atomic E-state index is -4.73. The summed E-state index contributed by atoms with van der Waals surface area (Å²) in [5.74, 6) is 0.142. The summed E-state index contributed by atoms with van der Waals surface area (Å²) in [6.07, 6.45) is -4.73. The summed E-state index contributed by atoms with van der Waals surface area (Å²) in [5.41, 5.74) is 0.505. The SMILES string of the molecule is O=C(CNc1ccc(OC(F)(F)F)cc1)NCCOc1ccccc1. The molecule has 0 bridgehead atoms. The molecule has 5 nitrogen and oxygen atoms in total. The van der Waals surface area contributed by atoms with Crippen LogP contribution in [0.2, 0.25) is 0 Å². The lowest BCUT2D eigenvalue weighted by Gasteiger charge is -2.11. The second kappa shape index (κ2) is 8.81. The number of para-hydroxylation sites is 1. The quantitative estimate of drug-likeness (QED) is 0.715. The van der Waals surface area contributed by atoms with E-state index in [0.717, 1.165) is 5.75 Å². The van der Waals surface area contributed by atoms with E-state index < -0.39 is 6.36 Å². The zero-order valence-corrected chi connectivity index (χ0v) is 13.2. The maximum absolute atomic E-state index is 12.1. The van der Waals surface area contributed by atoms with Crippen molar-refractivity contribution in [2.75, 3.05) is 25.0 Å². The zero-order chi connectivity index (χ0) is 18.1. The second-order valence-electron chi connectivity index (χ2n) is 4.94. The molecule has 0 aliphatic rings. The molecule has 0 fully saturated rings. The van der Waals surface area contributed by atoms with Crippen molar-refractivity contribution in [2.24, 2.45) is 0 Å². The molecule has 0 radical (unpaired) electrons. The number of ether oxygens (including phenoxy) is 2. The number of alkyl halides is 3. The molecule has 0 aromatic heterocycles. The van der Waals surface area contributed by atoms with Gasteiger partial charge in [0.05, 0.1) is 13.1 Å². The van der Waals surface area contributed by atoms with E-state index >= 15 is 0 Å². The number of anilines is 1. The topological polar surface area (TPSA) is 59.6 Å². The summed E-state index contributed by atoms with van der Waals surface area (Å²) in [7, 11) is 0. The predicted molar refractivity (Wildman–Crippen MR) is 86.6 cm³/mol. The Morgan fingerprint density at radius 2 is 1.64 bits per heavy atom. The Balaban J connectivity index is 1.64. The molecule has 0 aliphatic carbocycles. The van der Waals surface area contributed by atoms with Crippen LogP contribution in [0, 0.1) is 0 Å². The van der Waals surface area contributed by atoms with Gasteiger partial charge in [-0.15, -0.1) is 13.2 Å². The van der Waals surface area contributed by atoms with Crippen LogP contribution in [0.15, 0.2) is 54.6 Å². The fraction of sp³-hybridized carbons (Fsp3) is 0.235. The van der Waals surface area contributed by atoms with Gasteiger partial charge in [0, 0.05) is 5.69 Å². The zero-order valence-electron chi connectivity index (χ0n) is 13.2. The molecule has 2 aromatic rings. The molecule has 2 rings (SSSR count). The number of carbonyl (C=O) groups is 1. The van der Waals surface area contributed by atoms with Gasteiger partial charge in [0.2, 0.25) is 5.91 Å². The Kier molecular flexibility index (Phi) is 6.50. The van der Waals surface area contributed by atoms with Gasteiger partial charge >= 0.3 is 6.36 Å². The van der Waals surface area contributed by atoms with E-state index in [1.54, 1.807) is 0 Å². The lowest BCUT2D eigenvalue weighted by molar-refractivity contribution is -0.274. The number of amides is 1. The van der Waals surface area contributed by atoms with Crippen molar-refractivity contribution in [2.45, 2.75) is 6.36 Å². The van der Waals surface area contributed by atoms with E-state index in [-0.39, 0.29) is 18.2 Å². The minimum absolute atomic E-state index is 0.00912. The molecule has 1 amide bonds. The molecule has 134 valence electrons. The van der Waals surface area contributed by atoms with E-state index in [1.165, 1.54) is 24.3 Å². The van der Waals surface area contributed by atoms with E-state index in [1.807, 2.05) is 30.3 Å². The van der Waals surface area contributed by atoms with Crippen LogP contribution in [-0.2, 0) is 4.79 Å². The molecular weight excluding hydrogens is 337 g/mol. The molecule has 2 N–H and O–H groups in total. The molecule has 0 heterocycles. The van der Waals surface area contributed by atoms with Gasteiger partial charge in [0.1, 0.15) is 18.1 Å². The third-order valence-corrected chi connectivity index (χ3v) is 2.98. The predicted octanol–water partition coefficient (Wildman–Crippen LogP) is 3.19. The first-order valence-corrected chi connectivity index (χ1v) is 7.46. The number of rotatable bonds is 8. The van der Waals surface area contributed by atoms with Gasteiger partial charge in [-0.25, -0.2) is 0 Å². The van der Waals surface area contributed by atoms with Crippen LogP contribution in [0.3, 0.4) is 0 Å². The standard InChI is InChI=1S/C17H17F3N2O3/c18-17(19,20)25-15-8-6-13(7-9-15)22-12-16(23)21-10-11-24-14-4-2-1-3-5-14/h1-9,22H,10-12H2,(H,21,23). The third kappa shape index (κ3) is 7.47.